The number of ether oxygens (including phenoxy) is 1. The van der Waals surface area contributed by atoms with E-state index in [0.717, 1.165) is 51.5 Å². The van der Waals surface area contributed by atoms with Crippen LogP contribution in [0.4, 0.5) is 4.79 Å². The van der Waals surface area contributed by atoms with Crippen LogP contribution in [-0.2, 0) is 11.3 Å². The van der Waals surface area contributed by atoms with Crippen molar-refractivity contribution in [3.63, 3.8) is 0 Å². The summed E-state index contributed by atoms with van der Waals surface area (Å²) in [6.45, 7) is 9.29. The van der Waals surface area contributed by atoms with Gasteiger partial charge in [-0.15, -0.1) is 11.3 Å². The van der Waals surface area contributed by atoms with Crippen LogP contribution in [0.15, 0.2) is 5.51 Å². The lowest BCUT2D eigenvalue weighted by Crippen LogP contribution is -2.54. The monoisotopic (exact) mass is 310 g/mol. The van der Waals surface area contributed by atoms with Crippen LogP contribution in [0.1, 0.15) is 10.6 Å². The highest BCUT2D eigenvalue weighted by Crippen LogP contribution is 2.16. The van der Waals surface area contributed by atoms with Crippen molar-refractivity contribution >= 4 is 17.4 Å². The van der Waals surface area contributed by atoms with Crippen molar-refractivity contribution in [3.8, 4) is 0 Å². The molecule has 6 nitrogen and oxygen atoms in total. The van der Waals surface area contributed by atoms with E-state index >= 15 is 0 Å². The largest absolute Gasteiger partial charge is 0.378 e. The lowest BCUT2D eigenvalue weighted by molar-refractivity contribution is 0.0373. The van der Waals surface area contributed by atoms with Gasteiger partial charge in [-0.1, -0.05) is 0 Å². The van der Waals surface area contributed by atoms with Gasteiger partial charge in [0.2, 0.25) is 0 Å². The minimum Gasteiger partial charge on any atom is -0.378 e. The van der Waals surface area contributed by atoms with Crippen LogP contribution in [0, 0.1) is 6.92 Å². The first-order valence-corrected chi connectivity index (χ1v) is 8.35. The first-order chi connectivity index (χ1) is 10.2. The van der Waals surface area contributed by atoms with Crippen molar-refractivity contribution in [1.82, 2.24) is 19.7 Å². The molecule has 7 heteroatoms. The first kappa shape index (κ1) is 14.7. The maximum Gasteiger partial charge on any atom is 0.320 e. The van der Waals surface area contributed by atoms with Crippen molar-refractivity contribution in [1.29, 1.82) is 0 Å². The second-order valence-electron chi connectivity index (χ2n) is 5.51. The molecule has 0 bridgehead atoms. The third-order valence-corrected chi connectivity index (χ3v) is 5.06. The normalized spacial score (nSPS) is 20.8. The summed E-state index contributed by atoms with van der Waals surface area (Å²) in [4.78, 5) is 24.3. The summed E-state index contributed by atoms with van der Waals surface area (Å²) in [5.74, 6) is 0. The van der Waals surface area contributed by atoms with Crippen LogP contribution in [-0.4, -0.2) is 78.2 Å². The predicted octanol–water partition coefficient (Wildman–Crippen LogP) is 1.02. The number of urea groups is 1. The zero-order valence-corrected chi connectivity index (χ0v) is 13.3. The second-order valence-corrected chi connectivity index (χ2v) is 6.45. The molecule has 1 aromatic rings. The van der Waals surface area contributed by atoms with Gasteiger partial charge < -0.3 is 14.5 Å². The standard InChI is InChI=1S/C14H22N4O2S/c1-12-13(21-11-15-12)10-16-2-4-17(5-3-16)14(19)18-6-8-20-9-7-18/h11H,2-10H2,1H3. The number of hydrogen-bond acceptors (Lipinski definition) is 5. The van der Waals surface area contributed by atoms with E-state index in [1.54, 1.807) is 11.3 Å². The maximum absolute atomic E-state index is 12.4. The number of nitrogens with zero attached hydrogens (tertiary/aromatic N) is 4. The number of morpholine rings is 1. The Kier molecular flexibility index (Phi) is 4.72. The molecule has 2 saturated heterocycles. The number of aromatic nitrogens is 1. The van der Waals surface area contributed by atoms with Gasteiger partial charge in [0.1, 0.15) is 0 Å². The molecule has 0 atom stereocenters. The van der Waals surface area contributed by atoms with Crippen LogP contribution >= 0.6 is 11.3 Å². The summed E-state index contributed by atoms with van der Waals surface area (Å²) in [6.07, 6.45) is 0. The third-order valence-electron chi connectivity index (χ3n) is 4.14. The van der Waals surface area contributed by atoms with Crippen LogP contribution in [0.2, 0.25) is 0 Å². The van der Waals surface area contributed by atoms with Crippen LogP contribution < -0.4 is 0 Å². The zero-order valence-electron chi connectivity index (χ0n) is 12.5. The molecule has 21 heavy (non-hydrogen) atoms. The van der Waals surface area contributed by atoms with Crippen LogP contribution in [0.5, 0.6) is 0 Å². The minimum absolute atomic E-state index is 0.173. The summed E-state index contributed by atoms with van der Waals surface area (Å²) in [5, 5.41) is 0. The third kappa shape index (κ3) is 3.53. The van der Waals surface area contributed by atoms with Crippen LogP contribution in [0.25, 0.3) is 0 Å². The average molecular weight is 310 g/mol. The molecule has 3 rings (SSSR count). The molecule has 2 fully saturated rings. The number of carbonyl (C=O) groups excluding carboxylic acids is 1. The van der Waals surface area contributed by atoms with E-state index in [9.17, 15) is 4.79 Å². The zero-order chi connectivity index (χ0) is 14.7. The highest BCUT2D eigenvalue weighted by atomic mass is 32.1. The van der Waals surface area contributed by atoms with Gasteiger partial charge in [0, 0.05) is 50.7 Å². The summed E-state index contributed by atoms with van der Waals surface area (Å²) >= 11 is 1.72. The fraction of sp³-hybridized carbons (Fsp3) is 0.714. The van der Waals surface area contributed by atoms with Gasteiger partial charge in [0.25, 0.3) is 0 Å². The summed E-state index contributed by atoms with van der Waals surface area (Å²) in [7, 11) is 0. The molecule has 3 heterocycles. The van der Waals surface area contributed by atoms with E-state index < -0.39 is 0 Å². The highest BCUT2D eigenvalue weighted by molar-refractivity contribution is 7.09. The quantitative estimate of drug-likeness (QED) is 0.818. The number of aryl methyl sites for hydroxylation is 1. The molecular weight excluding hydrogens is 288 g/mol. The highest BCUT2D eigenvalue weighted by Gasteiger charge is 2.26. The van der Waals surface area contributed by atoms with E-state index in [1.165, 1.54) is 4.88 Å². The Labute approximate surface area is 129 Å². The minimum atomic E-state index is 0.173. The Balaban J connectivity index is 1.48. The van der Waals surface area contributed by atoms with Gasteiger partial charge in [-0.3, -0.25) is 4.90 Å². The molecule has 2 aliphatic heterocycles. The number of piperazine rings is 1. The molecular formula is C14H22N4O2S. The van der Waals surface area contributed by atoms with Crippen molar-refractivity contribution in [2.75, 3.05) is 52.5 Å². The molecule has 0 N–H and O–H groups in total. The fourth-order valence-electron chi connectivity index (χ4n) is 2.73. The van der Waals surface area contributed by atoms with E-state index in [0.29, 0.717) is 13.2 Å². The molecule has 0 aliphatic carbocycles. The van der Waals surface area contributed by atoms with Gasteiger partial charge in [-0.05, 0) is 6.92 Å². The summed E-state index contributed by atoms with van der Waals surface area (Å²) < 4.78 is 5.30. The molecule has 116 valence electrons. The van der Waals surface area contributed by atoms with Gasteiger partial charge in [-0.25, -0.2) is 9.78 Å². The molecule has 0 saturated carbocycles. The van der Waals surface area contributed by atoms with Crippen LogP contribution in [0.3, 0.4) is 0 Å². The molecule has 2 aliphatic rings. The number of amides is 2. The number of rotatable bonds is 2. The Bertz CT molecular complexity index is 479. The first-order valence-electron chi connectivity index (χ1n) is 7.47. The average Bonchev–Trinajstić information content (AvgIpc) is 2.93. The lowest BCUT2D eigenvalue weighted by atomic mass is 10.3. The predicted molar refractivity (Wildman–Crippen MR) is 81.5 cm³/mol. The van der Waals surface area contributed by atoms with Crippen molar-refractivity contribution in [2.45, 2.75) is 13.5 Å². The van der Waals surface area contributed by atoms with Gasteiger partial charge in [-0.2, -0.15) is 0 Å². The summed E-state index contributed by atoms with van der Waals surface area (Å²) in [6, 6.07) is 0.173. The Hall–Kier alpha value is -1.18. The Morgan fingerprint density at radius 3 is 2.48 bits per heavy atom. The second kappa shape index (κ2) is 6.72. The Morgan fingerprint density at radius 1 is 1.19 bits per heavy atom. The van der Waals surface area contributed by atoms with Gasteiger partial charge in [0.15, 0.2) is 0 Å². The van der Waals surface area contributed by atoms with E-state index in [2.05, 4.69) is 16.8 Å². The van der Waals surface area contributed by atoms with Crippen molar-refractivity contribution in [2.24, 2.45) is 0 Å². The number of carbonyl (C=O) groups is 1. The molecule has 1 aromatic heterocycles. The van der Waals surface area contributed by atoms with Gasteiger partial charge in [0.05, 0.1) is 24.4 Å². The maximum atomic E-state index is 12.4. The lowest BCUT2D eigenvalue weighted by Gasteiger charge is -2.38. The number of thiazole rings is 1. The number of hydrogen-bond donors (Lipinski definition) is 0. The van der Waals surface area contributed by atoms with Crippen molar-refractivity contribution in [3.05, 3.63) is 16.1 Å². The van der Waals surface area contributed by atoms with E-state index in [-0.39, 0.29) is 6.03 Å². The fourth-order valence-corrected chi connectivity index (χ4v) is 3.55. The topological polar surface area (TPSA) is 48.9 Å². The van der Waals surface area contributed by atoms with E-state index in [4.69, 9.17) is 4.74 Å². The SMILES string of the molecule is Cc1ncsc1CN1CCN(C(=O)N2CCOCC2)CC1. The van der Waals surface area contributed by atoms with Gasteiger partial charge >= 0.3 is 6.03 Å². The van der Waals surface area contributed by atoms with E-state index in [1.807, 2.05) is 15.3 Å². The van der Waals surface area contributed by atoms with Crippen molar-refractivity contribution < 1.29 is 9.53 Å². The smallest absolute Gasteiger partial charge is 0.320 e. The Morgan fingerprint density at radius 2 is 1.86 bits per heavy atom. The molecule has 0 unspecified atom stereocenters. The molecule has 0 radical (unpaired) electrons. The summed E-state index contributed by atoms with van der Waals surface area (Å²) in [5.41, 5.74) is 3.04. The molecule has 2 amide bonds. The molecule has 0 spiro atoms. The molecule has 0 aromatic carbocycles.